The maximum Gasteiger partial charge on any atom is 0.306 e. The summed E-state index contributed by atoms with van der Waals surface area (Å²) in [5, 5.41) is 11.2. The van der Waals surface area contributed by atoms with Crippen LogP contribution in [0, 0.1) is 29.6 Å². The molecule has 0 fully saturated rings. The average Bonchev–Trinajstić information content (AvgIpc) is 2.93. The molecule has 6 atom stereocenters. The molecule has 1 N–H and O–H groups in total. The fourth-order valence-electron chi connectivity index (χ4n) is 5.15. The molecule has 0 amide bonds. The first-order chi connectivity index (χ1) is 13.9. The summed E-state index contributed by atoms with van der Waals surface area (Å²) in [6.45, 7) is 13.8. The fraction of sp³-hybridized carbons (Fsp3) is 0.680. The highest BCUT2D eigenvalue weighted by molar-refractivity contribution is 5.94. The highest BCUT2D eigenvalue weighted by atomic mass is 16.7. The zero-order valence-electron chi connectivity index (χ0n) is 19.3. The predicted octanol–water partition coefficient (Wildman–Crippen LogP) is 4.36. The van der Waals surface area contributed by atoms with E-state index in [1.54, 1.807) is 12.2 Å². The largest absolute Gasteiger partial charge is 0.459 e. The van der Waals surface area contributed by atoms with Gasteiger partial charge in [-0.3, -0.25) is 9.59 Å². The maximum absolute atomic E-state index is 12.9. The maximum atomic E-state index is 12.9. The van der Waals surface area contributed by atoms with Gasteiger partial charge in [-0.05, 0) is 74.7 Å². The van der Waals surface area contributed by atoms with Gasteiger partial charge >= 0.3 is 5.97 Å². The third-order valence-electron chi connectivity index (χ3n) is 6.86. The molecule has 0 saturated heterocycles. The molecule has 0 aromatic heterocycles. The third-order valence-corrected chi connectivity index (χ3v) is 6.86. The van der Waals surface area contributed by atoms with Gasteiger partial charge < -0.3 is 14.6 Å². The van der Waals surface area contributed by atoms with Gasteiger partial charge in [0, 0.05) is 12.3 Å². The smallest absolute Gasteiger partial charge is 0.306 e. The van der Waals surface area contributed by atoms with Gasteiger partial charge in [-0.25, -0.2) is 0 Å². The molecule has 2 heterocycles. The number of carbonyl (C=O) groups is 2. The first-order valence-corrected chi connectivity index (χ1v) is 11.1. The van der Waals surface area contributed by atoms with Gasteiger partial charge in [0.15, 0.2) is 5.78 Å². The van der Waals surface area contributed by atoms with E-state index in [0.29, 0.717) is 18.4 Å². The molecule has 3 aliphatic rings. The van der Waals surface area contributed by atoms with Crippen molar-refractivity contribution >= 4 is 11.8 Å². The minimum atomic E-state index is -1.56. The zero-order chi connectivity index (χ0) is 22.4. The molecular formula is C25H36O5. The summed E-state index contributed by atoms with van der Waals surface area (Å²) in [4.78, 5) is 25.5. The first kappa shape index (κ1) is 23.0. The van der Waals surface area contributed by atoms with Crippen molar-refractivity contribution in [2.75, 3.05) is 0 Å². The van der Waals surface area contributed by atoms with Crippen molar-refractivity contribution in [2.24, 2.45) is 29.6 Å². The lowest BCUT2D eigenvalue weighted by atomic mass is 9.65. The lowest BCUT2D eigenvalue weighted by Gasteiger charge is -2.40. The Kier molecular flexibility index (Phi) is 6.18. The molecule has 0 aromatic carbocycles. The van der Waals surface area contributed by atoms with Crippen molar-refractivity contribution in [1.82, 2.24) is 0 Å². The van der Waals surface area contributed by atoms with E-state index in [0.717, 1.165) is 5.57 Å². The molecule has 3 rings (SSSR count). The van der Waals surface area contributed by atoms with Crippen molar-refractivity contribution in [3.63, 3.8) is 0 Å². The number of ether oxygens (including phenoxy) is 2. The van der Waals surface area contributed by atoms with Crippen LogP contribution in [0.4, 0.5) is 0 Å². The van der Waals surface area contributed by atoms with Crippen LogP contribution in [0.3, 0.4) is 0 Å². The van der Waals surface area contributed by atoms with Gasteiger partial charge in [-0.1, -0.05) is 39.3 Å². The van der Waals surface area contributed by atoms with E-state index in [2.05, 4.69) is 13.8 Å². The normalized spacial score (nSPS) is 40.3. The minimum absolute atomic E-state index is 0.0266. The van der Waals surface area contributed by atoms with Gasteiger partial charge in [0.05, 0.1) is 0 Å². The number of aliphatic hydroxyl groups is 1. The molecule has 30 heavy (non-hydrogen) atoms. The van der Waals surface area contributed by atoms with E-state index in [-0.39, 0.29) is 41.3 Å². The molecule has 5 heteroatoms. The SMILES string of the molecule is CC1=CC(=O)[C@H](C(C)C)[C@H]2/C=C(/C)[C@@]3(O)C=C[C@](C)(O3)[C@@H](OC(=O)CC(C)C)C[C@@H]12. The van der Waals surface area contributed by atoms with Crippen LogP contribution in [0.15, 0.2) is 35.5 Å². The van der Waals surface area contributed by atoms with E-state index < -0.39 is 17.5 Å². The summed E-state index contributed by atoms with van der Waals surface area (Å²) >= 11 is 0. The van der Waals surface area contributed by atoms with E-state index in [1.807, 2.05) is 46.8 Å². The molecule has 2 bridgehead atoms. The first-order valence-electron chi connectivity index (χ1n) is 11.1. The number of hydrogen-bond donors (Lipinski definition) is 1. The molecule has 2 aliphatic heterocycles. The van der Waals surface area contributed by atoms with Crippen molar-refractivity contribution in [2.45, 2.75) is 78.8 Å². The van der Waals surface area contributed by atoms with Crippen molar-refractivity contribution in [3.8, 4) is 0 Å². The van der Waals surface area contributed by atoms with Crippen molar-refractivity contribution < 1.29 is 24.2 Å². The Morgan fingerprint density at radius 2 is 1.93 bits per heavy atom. The monoisotopic (exact) mass is 416 g/mol. The predicted molar refractivity (Wildman–Crippen MR) is 115 cm³/mol. The van der Waals surface area contributed by atoms with Crippen LogP contribution < -0.4 is 0 Å². The molecule has 0 radical (unpaired) electrons. The lowest BCUT2D eigenvalue weighted by molar-refractivity contribution is -0.216. The second kappa shape index (κ2) is 8.08. The molecule has 166 valence electrons. The summed E-state index contributed by atoms with van der Waals surface area (Å²) in [5.41, 5.74) is 0.716. The number of ketones is 1. The zero-order valence-corrected chi connectivity index (χ0v) is 19.3. The number of carbonyl (C=O) groups excluding carboxylic acids is 2. The van der Waals surface area contributed by atoms with E-state index >= 15 is 0 Å². The minimum Gasteiger partial charge on any atom is -0.459 e. The Labute approximate surface area is 180 Å². The highest BCUT2D eigenvalue weighted by Crippen LogP contribution is 2.48. The van der Waals surface area contributed by atoms with Crippen LogP contribution in [-0.2, 0) is 19.1 Å². The summed E-state index contributed by atoms with van der Waals surface area (Å²) in [6.07, 6.45) is 7.52. The van der Waals surface area contributed by atoms with Crippen LogP contribution in [0.5, 0.6) is 0 Å². The second-order valence-electron chi connectivity index (χ2n) is 10.2. The Morgan fingerprint density at radius 3 is 2.53 bits per heavy atom. The summed E-state index contributed by atoms with van der Waals surface area (Å²) in [7, 11) is 0. The van der Waals surface area contributed by atoms with Crippen LogP contribution in [-0.4, -0.2) is 34.4 Å². The molecular weight excluding hydrogens is 380 g/mol. The van der Waals surface area contributed by atoms with Crippen LogP contribution in [0.2, 0.25) is 0 Å². The number of allylic oxidation sites excluding steroid dienone is 3. The van der Waals surface area contributed by atoms with Gasteiger partial charge in [-0.2, -0.15) is 0 Å². The quantitative estimate of drug-likeness (QED) is 0.544. The van der Waals surface area contributed by atoms with E-state index in [9.17, 15) is 14.7 Å². The molecule has 1 aliphatic carbocycles. The Bertz CT molecular complexity index is 804. The van der Waals surface area contributed by atoms with E-state index in [1.165, 1.54) is 0 Å². The summed E-state index contributed by atoms with van der Waals surface area (Å²) < 4.78 is 12.1. The Morgan fingerprint density at radius 1 is 1.27 bits per heavy atom. The fourth-order valence-corrected chi connectivity index (χ4v) is 5.15. The molecule has 0 saturated carbocycles. The molecule has 0 aromatic rings. The van der Waals surface area contributed by atoms with Gasteiger partial charge in [0.25, 0.3) is 0 Å². The van der Waals surface area contributed by atoms with Crippen LogP contribution in [0.25, 0.3) is 0 Å². The lowest BCUT2D eigenvalue weighted by Crippen LogP contribution is -2.47. The van der Waals surface area contributed by atoms with Gasteiger partial charge in [0.1, 0.15) is 11.7 Å². The number of fused-ring (bicyclic) bond motifs is 3. The topological polar surface area (TPSA) is 72.8 Å². The van der Waals surface area contributed by atoms with Crippen molar-refractivity contribution in [1.29, 1.82) is 0 Å². The average molecular weight is 417 g/mol. The number of rotatable bonds is 4. The van der Waals surface area contributed by atoms with Gasteiger partial charge in [-0.15, -0.1) is 0 Å². The highest BCUT2D eigenvalue weighted by Gasteiger charge is 2.52. The summed E-state index contributed by atoms with van der Waals surface area (Å²) in [5.74, 6) is -1.60. The standard InChI is InChI=1S/C25H36O5/c1-14(2)10-22(27)29-21-13-18-16(5)11-20(26)23(15(3)4)19(18)12-17(6)25(28)9-8-24(21,7)30-25/h8-9,11-12,14-15,18-19,21,23,28H,10,13H2,1-7H3/b17-12-/t18-,19-,21-,23+,24-,25+/m0/s1. The molecule has 0 unspecified atom stereocenters. The summed E-state index contributed by atoms with van der Waals surface area (Å²) in [6, 6.07) is 0. The number of hydrogen-bond acceptors (Lipinski definition) is 5. The van der Waals surface area contributed by atoms with Crippen LogP contribution in [0.1, 0.15) is 61.3 Å². The van der Waals surface area contributed by atoms with E-state index in [4.69, 9.17) is 9.47 Å². The third kappa shape index (κ3) is 4.19. The molecule has 5 nitrogen and oxygen atoms in total. The van der Waals surface area contributed by atoms with Gasteiger partial charge in [0.2, 0.25) is 5.79 Å². The van der Waals surface area contributed by atoms with Crippen LogP contribution >= 0.6 is 0 Å². The Balaban J connectivity index is 2.08. The Hall–Kier alpha value is -1.72. The molecule has 0 spiro atoms. The van der Waals surface area contributed by atoms with Crippen molar-refractivity contribution in [3.05, 3.63) is 35.5 Å². The number of esters is 1. The second-order valence-corrected chi connectivity index (χ2v) is 10.2.